The Kier molecular flexibility index (Phi) is 5.13. The van der Waals surface area contributed by atoms with Gasteiger partial charge in [-0.15, -0.1) is 13.2 Å². The fourth-order valence-electron chi connectivity index (χ4n) is 3.55. The Bertz CT molecular complexity index is 1010. The van der Waals surface area contributed by atoms with Crippen LogP contribution in [0, 0.1) is 23.4 Å². The summed E-state index contributed by atoms with van der Waals surface area (Å²) in [7, 11) is 0. The first-order chi connectivity index (χ1) is 14.2. The second kappa shape index (κ2) is 7.62. The number of rotatable bonds is 3. The lowest BCUT2D eigenvalue weighted by Crippen LogP contribution is -2.38. The van der Waals surface area contributed by atoms with Crippen LogP contribution in [-0.2, 0) is 4.74 Å². The van der Waals surface area contributed by atoms with E-state index in [0.29, 0.717) is 23.4 Å². The molecule has 4 rings (SSSR count). The van der Waals surface area contributed by atoms with Gasteiger partial charge in [0.1, 0.15) is 18.1 Å². The number of allylic oxidation sites excluding steroid dienone is 2. The van der Waals surface area contributed by atoms with Gasteiger partial charge in [0.2, 0.25) is 0 Å². The number of hydrogen-bond acceptors (Lipinski definition) is 3. The average molecular weight is 427 g/mol. The zero-order chi connectivity index (χ0) is 21.5. The maximum Gasteiger partial charge on any atom is 0.573 e. The van der Waals surface area contributed by atoms with Crippen molar-refractivity contribution in [1.29, 1.82) is 0 Å². The fourth-order valence-corrected chi connectivity index (χ4v) is 3.55. The van der Waals surface area contributed by atoms with Crippen LogP contribution in [0.3, 0.4) is 0 Å². The minimum atomic E-state index is -4.78. The Morgan fingerprint density at radius 2 is 1.80 bits per heavy atom. The highest BCUT2D eigenvalue weighted by Gasteiger charge is 2.34. The molecule has 9 heteroatoms. The first kappa shape index (κ1) is 20.2. The molecular weight excluding hydrogens is 412 g/mol. The van der Waals surface area contributed by atoms with Crippen LogP contribution in [0.1, 0.15) is 6.42 Å². The van der Waals surface area contributed by atoms with E-state index in [4.69, 9.17) is 4.74 Å². The van der Waals surface area contributed by atoms with Crippen molar-refractivity contribution in [2.24, 2.45) is 5.92 Å². The summed E-state index contributed by atoms with van der Waals surface area (Å²) in [5, 5.41) is 3.20. The van der Waals surface area contributed by atoms with Gasteiger partial charge in [-0.3, -0.25) is 0 Å². The minimum absolute atomic E-state index is 0.102. The van der Waals surface area contributed by atoms with Gasteiger partial charge in [0, 0.05) is 11.5 Å². The molecule has 0 radical (unpaired) electrons. The van der Waals surface area contributed by atoms with Crippen LogP contribution in [0.25, 0.3) is 11.1 Å². The highest BCUT2D eigenvalue weighted by Crippen LogP contribution is 2.41. The molecule has 0 saturated carbocycles. The van der Waals surface area contributed by atoms with Crippen LogP contribution in [0.15, 0.2) is 54.3 Å². The van der Waals surface area contributed by atoms with E-state index in [0.717, 1.165) is 12.1 Å². The van der Waals surface area contributed by atoms with E-state index in [2.05, 4.69) is 10.1 Å². The number of benzene rings is 2. The summed E-state index contributed by atoms with van der Waals surface area (Å²) < 4.78 is 87.8. The lowest BCUT2D eigenvalue weighted by Gasteiger charge is -2.33. The van der Waals surface area contributed by atoms with Crippen LogP contribution >= 0.6 is 0 Å². The van der Waals surface area contributed by atoms with Gasteiger partial charge in [-0.05, 0) is 42.3 Å². The third-order valence-corrected chi connectivity index (χ3v) is 4.88. The minimum Gasteiger partial charge on any atom is -0.489 e. The maximum atomic E-state index is 13.6. The Hall–Kier alpha value is -3.10. The van der Waals surface area contributed by atoms with Crippen LogP contribution in [0.2, 0.25) is 0 Å². The molecule has 1 heterocycles. The molecule has 1 aliphatic carbocycles. The largest absolute Gasteiger partial charge is 0.573 e. The molecule has 0 saturated heterocycles. The molecule has 0 fully saturated rings. The first-order valence-corrected chi connectivity index (χ1v) is 9.02. The molecule has 2 atom stereocenters. The lowest BCUT2D eigenvalue weighted by atomic mass is 9.91. The van der Waals surface area contributed by atoms with Gasteiger partial charge in [0.05, 0.1) is 11.7 Å². The third kappa shape index (κ3) is 4.10. The number of ether oxygens (including phenoxy) is 2. The first-order valence-electron chi connectivity index (χ1n) is 9.02. The summed E-state index contributed by atoms with van der Waals surface area (Å²) in [4.78, 5) is 0. The molecule has 0 bridgehead atoms. The van der Waals surface area contributed by atoms with E-state index < -0.39 is 23.8 Å². The van der Waals surface area contributed by atoms with E-state index >= 15 is 0 Å². The van der Waals surface area contributed by atoms with Gasteiger partial charge in [-0.25, -0.2) is 13.2 Å². The number of fused-ring (bicyclic) bond motifs is 1. The molecule has 0 spiro atoms. The van der Waals surface area contributed by atoms with Crippen molar-refractivity contribution >= 4 is 5.69 Å². The van der Waals surface area contributed by atoms with Gasteiger partial charge >= 0.3 is 6.36 Å². The van der Waals surface area contributed by atoms with Gasteiger partial charge in [-0.2, -0.15) is 0 Å². The quantitative estimate of drug-likeness (QED) is 0.486. The fraction of sp³-hybridized carbons (Fsp3) is 0.238. The predicted molar refractivity (Wildman–Crippen MR) is 97.1 cm³/mol. The van der Waals surface area contributed by atoms with Gasteiger partial charge < -0.3 is 14.8 Å². The van der Waals surface area contributed by atoms with Crippen molar-refractivity contribution in [1.82, 2.24) is 0 Å². The van der Waals surface area contributed by atoms with Crippen LogP contribution in [0.5, 0.6) is 5.75 Å². The van der Waals surface area contributed by atoms with Crippen LogP contribution in [-0.4, -0.2) is 19.0 Å². The highest BCUT2D eigenvalue weighted by molar-refractivity contribution is 5.79. The number of alkyl halides is 3. The standard InChI is InChI=1S/C21H15F6NO2/c22-15-8-12(9-16(23)19(15)24)14-5-2-6-17-20(14)29-10-18(28-17)11-3-1-4-13(7-11)30-21(25,26)27/h1-2,4-9,11,18,28H,3,10H2/t11-,18?/m0/s1. The molecule has 2 aromatic rings. The summed E-state index contributed by atoms with van der Waals surface area (Å²) in [5.74, 6) is -4.50. The predicted octanol–water partition coefficient (Wildman–Crippen LogP) is 5.94. The van der Waals surface area contributed by atoms with E-state index in [1.54, 1.807) is 24.3 Å². The number of anilines is 1. The van der Waals surface area contributed by atoms with Crippen molar-refractivity contribution in [2.45, 2.75) is 18.8 Å². The molecule has 2 aromatic carbocycles. The number of para-hydroxylation sites is 1. The Labute approximate surface area is 167 Å². The molecule has 30 heavy (non-hydrogen) atoms. The Morgan fingerprint density at radius 1 is 1.07 bits per heavy atom. The summed E-state index contributed by atoms with van der Waals surface area (Å²) in [6, 6.07) is 6.27. The molecule has 1 unspecified atom stereocenters. The molecule has 1 N–H and O–H groups in total. The molecule has 158 valence electrons. The zero-order valence-electron chi connectivity index (χ0n) is 15.3. The topological polar surface area (TPSA) is 30.5 Å². The number of hydrogen-bond donors (Lipinski definition) is 1. The molecule has 2 aliphatic rings. The van der Waals surface area contributed by atoms with Crippen LogP contribution < -0.4 is 10.1 Å². The maximum absolute atomic E-state index is 13.6. The van der Waals surface area contributed by atoms with E-state index in [1.807, 2.05) is 0 Å². The third-order valence-electron chi connectivity index (χ3n) is 4.88. The Morgan fingerprint density at radius 3 is 2.50 bits per heavy atom. The van der Waals surface area contributed by atoms with E-state index in [-0.39, 0.29) is 29.9 Å². The van der Waals surface area contributed by atoms with Crippen molar-refractivity contribution in [3.05, 3.63) is 71.8 Å². The number of nitrogens with one attached hydrogen (secondary N) is 1. The summed E-state index contributed by atoms with van der Waals surface area (Å²) in [6.07, 6.45) is -0.0697. The van der Waals surface area contributed by atoms with E-state index in [9.17, 15) is 26.3 Å². The SMILES string of the molecule is Fc1cc(-c2cccc3c2OCC([C@@H]2C=C(OC(F)(F)F)C=CC2)N3)cc(F)c1F. The molecule has 0 aromatic heterocycles. The van der Waals surface area contributed by atoms with Crippen LogP contribution in [0.4, 0.5) is 32.0 Å². The normalized spacial score (nSPS) is 20.7. The summed E-state index contributed by atoms with van der Waals surface area (Å²) >= 11 is 0. The van der Waals surface area contributed by atoms with Crippen molar-refractivity contribution in [3.63, 3.8) is 0 Å². The smallest absolute Gasteiger partial charge is 0.489 e. The van der Waals surface area contributed by atoms with Gasteiger partial charge in [0.25, 0.3) is 0 Å². The molecule has 0 amide bonds. The van der Waals surface area contributed by atoms with Crippen molar-refractivity contribution in [3.8, 4) is 16.9 Å². The van der Waals surface area contributed by atoms with Gasteiger partial charge in [0.15, 0.2) is 17.5 Å². The Balaban J connectivity index is 1.59. The second-order valence-electron chi connectivity index (χ2n) is 6.92. The monoisotopic (exact) mass is 427 g/mol. The molecule has 3 nitrogen and oxygen atoms in total. The lowest BCUT2D eigenvalue weighted by molar-refractivity contribution is -0.303. The van der Waals surface area contributed by atoms with Crippen molar-refractivity contribution < 1.29 is 35.8 Å². The average Bonchev–Trinajstić information content (AvgIpc) is 2.69. The number of halogens is 6. The highest BCUT2D eigenvalue weighted by atomic mass is 19.4. The van der Waals surface area contributed by atoms with Crippen molar-refractivity contribution in [2.75, 3.05) is 11.9 Å². The van der Waals surface area contributed by atoms with E-state index in [1.165, 1.54) is 12.2 Å². The summed E-state index contributed by atoms with van der Waals surface area (Å²) in [6.45, 7) is 0.102. The molecule has 1 aliphatic heterocycles. The van der Waals surface area contributed by atoms with Gasteiger partial charge in [-0.1, -0.05) is 18.2 Å². The molecular formula is C21H15F6NO2. The second-order valence-corrected chi connectivity index (χ2v) is 6.92. The zero-order valence-corrected chi connectivity index (χ0v) is 15.3. The summed E-state index contributed by atoms with van der Waals surface area (Å²) in [5.41, 5.74) is 0.969.